The highest BCUT2D eigenvalue weighted by Gasteiger charge is 2.39. The highest BCUT2D eigenvalue weighted by Crippen LogP contribution is 2.55. The minimum Gasteiger partial charge on any atom is -0.228 e. The van der Waals surface area contributed by atoms with Gasteiger partial charge in [0.1, 0.15) is 0 Å². The van der Waals surface area contributed by atoms with Gasteiger partial charge in [0.2, 0.25) is 0 Å². The molecule has 0 amide bonds. The van der Waals surface area contributed by atoms with E-state index in [4.69, 9.17) is 9.97 Å². The number of aromatic nitrogens is 2. The molecule has 1 heterocycles. The molecule has 2 heteroatoms. The lowest BCUT2D eigenvalue weighted by atomic mass is 9.76. The lowest BCUT2D eigenvalue weighted by Crippen LogP contribution is -2.17. The van der Waals surface area contributed by atoms with E-state index in [2.05, 4.69) is 226 Å². The largest absolute Gasteiger partial charge is 0.228 e. The second-order valence-electron chi connectivity index (χ2n) is 17.2. The molecule has 1 aliphatic carbocycles. The summed E-state index contributed by atoms with van der Waals surface area (Å²) in [6, 6.07) is 78.9. The number of benzene rings is 10. The zero-order valence-corrected chi connectivity index (χ0v) is 35.2. The van der Waals surface area contributed by atoms with Crippen molar-refractivity contribution in [2.24, 2.45) is 0 Å². The Balaban J connectivity index is 1.02. The summed E-state index contributed by atoms with van der Waals surface area (Å²) in [5, 5.41) is 7.37. The molecule has 0 saturated heterocycles. The highest BCUT2D eigenvalue weighted by atomic mass is 14.9. The molecule has 296 valence electrons. The van der Waals surface area contributed by atoms with E-state index in [0.717, 1.165) is 50.0 Å². The Morgan fingerprint density at radius 1 is 0.286 bits per heavy atom. The Morgan fingerprint density at radius 3 is 1.37 bits per heavy atom. The molecule has 0 unspecified atom stereocenters. The van der Waals surface area contributed by atoms with Gasteiger partial charge in [-0.25, -0.2) is 9.97 Å². The van der Waals surface area contributed by atoms with Gasteiger partial charge in [0.05, 0.1) is 11.4 Å². The van der Waals surface area contributed by atoms with Crippen molar-refractivity contribution in [3.63, 3.8) is 0 Å². The number of nitrogens with zero attached hydrogens (tertiary/aromatic N) is 2. The van der Waals surface area contributed by atoms with Crippen molar-refractivity contribution in [2.75, 3.05) is 0 Å². The minimum atomic E-state index is -0.183. The summed E-state index contributed by atoms with van der Waals surface area (Å²) in [5.74, 6) is 0.700. The monoisotopic (exact) mass is 802 g/mol. The number of rotatable bonds is 6. The summed E-state index contributed by atoms with van der Waals surface area (Å²) in [6.07, 6.45) is 0. The fraction of sp³-hybridized carbons (Fsp3) is 0.0492. The maximum atomic E-state index is 5.39. The lowest BCUT2D eigenvalue weighted by molar-refractivity contribution is 0.668. The third-order valence-electron chi connectivity index (χ3n) is 13.3. The van der Waals surface area contributed by atoms with Gasteiger partial charge in [0.25, 0.3) is 0 Å². The minimum absolute atomic E-state index is 0.183. The average molecular weight is 803 g/mol. The highest BCUT2D eigenvalue weighted by molar-refractivity contribution is 6.13. The van der Waals surface area contributed by atoms with Crippen LogP contribution in [-0.4, -0.2) is 9.97 Å². The Bertz CT molecular complexity index is 3580. The molecule has 0 radical (unpaired) electrons. The fourth-order valence-corrected chi connectivity index (χ4v) is 10.5. The molecule has 0 spiro atoms. The van der Waals surface area contributed by atoms with E-state index in [1.807, 2.05) is 6.07 Å². The van der Waals surface area contributed by atoms with Crippen LogP contribution in [0, 0.1) is 0 Å². The number of hydrogen-bond donors (Lipinski definition) is 0. The van der Waals surface area contributed by atoms with E-state index in [0.29, 0.717) is 5.82 Å². The molecule has 0 bridgehead atoms. The van der Waals surface area contributed by atoms with Crippen LogP contribution in [0.1, 0.15) is 25.0 Å². The second-order valence-corrected chi connectivity index (χ2v) is 17.2. The first-order valence-electron chi connectivity index (χ1n) is 21.8. The first-order valence-corrected chi connectivity index (χ1v) is 21.8. The van der Waals surface area contributed by atoms with Crippen molar-refractivity contribution in [3.05, 3.63) is 230 Å². The third kappa shape index (κ3) is 5.94. The summed E-state index contributed by atoms with van der Waals surface area (Å²) >= 11 is 0. The van der Waals surface area contributed by atoms with Crippen LogP contribution < -0.4 is 0 Å². The molecule has 11 aromatic rings. The van der Waals surface area contributed by atoms with Gasteiger partial charge in [-0.1, -0.05) is 220 Å². The van der Waals surface area contributed by atoms with Crippen LogP contribution in [0.5, 0.6) is 0 Å². The van der Waals surface area contributed by atoms with E-state index < -0.39 is 0 Å². The zero-order chi connectivity index (χ0) is 42.1. The lowest BCUT2D eigenvalue weighted by Gasteiger charge is -2.26. The summed E-state index contributed by atoms with van der Waals surface area (Å²) in [4.78, 5) is 10.7. The van der Waals surface area contributed by atoms with Gasteiger partial charge in [-0.15, -0.1) is 0 Å². The van der Waals surface area contributed by atoms with Crippen molar-refractivity contribution in [3.8, 4) is 78.4 Å². The Hall–Kier alpha value is -7.94. The molecule has 0 atom stereocenters. The van der Waals surface area contributed by atoms with Gasteiger partial charge in [-0.05, 0) is 100 Å². The van der Waals surface area contributed by atoms with Gasteiger partial charge in [-0.3, -0.25) is 0 Å². The zero-order valence-electron chi connectivity index (χ0n) is 35.2. The van der Waals surface area contributed by atoms with Gasteiger partial charge in [0, 0.05) is 22.1 Å². The quantitative estimate of drug-likeness (QED) is 0.167. The smallest absolute Gasteiger partial charge is 0.161 e. The molecule has 0 aliphatic heterocycles. The first kappa shape index (κ1) is 36.9. The van der Waals surface area contributed by atoms with E-state index in [9.17, 15) is 0 Å². The first-order chi connectivity index (χ1) is 31.0. The van der Waals surface area contributed by atoms with E-state index in [1.54, 1.807) is 0 Å². The van der Waals surface area contributed by atoms with Crippen molar-refractivity contribution >= 4 is 32.3 Å². The van der Waals surface area contributed by atoms with Gasteiger partial charge < -0.3 is 0 Å². The van der Waals surface area contributed by atoms with Crippen molar-refractivity contribution < 1.29 is 0 Å². The van der Waals surface area contributed by atoms with Gasteiger partial charge in [0.15, 0.2) is 5.82 Å². The molecule has 1 aliphatic rings. The van der Waals surface area contributed by atoms with E-state index in [1.165, 1.54) is 66.1 Å². The number of fused-ring (bicyclic) bond motifs is 7. The standard InChI is InChI=1S/C61H42N2/c1-61(2)58-43-24-10-9-20-40(43)32-33-54(58)53-31-17-30-52(59(53)61)50-35-34-48(44-25-12-13-26-45(44)50)49-36-37-55(47-28-15-14-27-46(47)49)60-62-56(41-21-7-4-8-22-41)38-57(63-60)51-29-16-11-23-42(51)39-18-5-3-6-19-39/h3-38H,1-2H3. The van der Waals surface area contributed by atoms with Crippen LogP contribution in [0.2, 0.25) is 0 Å². The van der Waals surface area contributed by atoms with Crippen molar-refractivity contribution in [2.45, 2.75) is 19.3 Å². The summed E-state index contributed by atoms with van der Waals surface area (Å²) in [7, 11) is 0. The van der Waals surface area contributed by atoms with Crippen LogP contribution in [0.3, 0.4) is 0 Å². The molecule has 0 fully saturated rings. The molecule has 0 saturated carbocycles. The maximum Gasteiger partial charge on any atom is 0.161 e. The van der Waals surface area contributed by atoms with E-state index in [-0.39, 0.29) is 5.41 Å². The molecular formula is C61H42N2. The molecule has 0 N–H and O–H groups in total. The maximum absolute atomic E-state index is 5.39. The molecular weight excluding hydrogens is 761 g/mol. The Morgan fingerprint density at radius 2 is 0.714 bits per heavy atom. The third-order valence-corrected chi connectivity index (χ3v) is 13.3. The number of hydrogen-bond acceptors (Lipinski definition) is 2. The topological polar surface area (TPSA) is 25.8 Å². The van der Waals surface area contributed by atoms with Crippen LogP contribution >= 0.6 is 0 Å². The summed E-state index contributed by atoms with van der Waals surface area (Å²) < 4.78 is 0. The predicted octanol–water partition coefficient (Wildman–Crippen LogP) is 16.2. The van der Waals surface area contributed by atoms with Crippen LogP contribution in [0.15, 0.2) is 218 Å². The molecule has 10 aromatic carbocycles. The van der Waals surface area contributed by atoms with Crippen molar-refractivity contribution in [1.82, 2.24) is 9.97 Å². The van der Waals surface area contributed by atoms with E-state index >= 15 is 0 Å². The van der Waals surface area contributed by atoms with Crippen LogP contribution in [0.4, 0.5) is 0 Å². The van der Waals surface area contributed by atoms with Crippen LogP contribution in [0.25, 0.3) is 111 Å². The summed E-state index contributed by atoms with van der Waals surface area (Å²) in [5.41, 5.74) is 17.4. The average Bonchev–Trinajstić information content (AvgIpc) is 3.60. The Kier molecular flexibility index (Phi) is 8.55. The van der Waals surface area contributed by atoms with Gasteiger partial charge >= 0.3 is 0 Å². The molecule has 63 heavy (non-hydrogen) atoms. The molecule has 1 aromatic heterocycles. The fourth-order valence-electron chi connectivity index (χ4n) is 10.5. The van der Waals surface area contributed by atoms with Crippen molar-refractivity contribution in [1.29, 1.82) is 0 Å². The predicted molar refractivity (Wildman–Crippen MR) is 265 cm³/mol. The second kappa shape index (κ2) is 14.6. The van der Waals surface area contributed by atoms with Crippen LogP contribution in [-0.2, 0) is 5.41 Å². The SMILES string of the molecule is CC1(C)c2c(cccc2-c2ccc(-c3ccc(-c4nc(-c5ccccc5)cc(-c5ccccc5-c5ccccc5)n4)c4ccccc34)c3ccccc23)-c2ccc3ccccc3c21. The van der Waals surface area contributed by atoms with Gasteiger partial charge in [-0.2, -0.15) is 0 Å². The molecule has 12 rings (SSSR count). The normalized spacial score (nSPS) is 12.7. The Labute approximate surface area is 367 Å². The molecule has 2 nitrogen and oxygen atoms in total. The summed E-state index contributed by atoms with van der Waals surface area (Å²) in [6.45, 7) is 4.81.